The summed E-state index contributed by atoms with van der Waals surface area (Å²) in [5, 5.41) is 3.74. The lowest BCUT2D eigenvalue weighted by Crippen LogP contribution is -2.59. The van der Waals surface area contributed by atoms with Gasteiger partial charge in [-0.3, -0.25) is 9.59 Å². The Bertz CT molecular complexity index is 1770. The molecule has 252 valence electrons. The lowest BCUT2D eigenvalue weighted by molar-refractivity contribution is -0.124. The molecule has 0 saturated heterocycles. The largest absolute Gasteiger partial charge is 0.456 e. The Morgan fingerprint density at radius 1 is 1.02 bits per heavy atom. The Morgan fingerprint density at radius 2 is 1.74 bits per heavy atom. The molecule has 13 heteroatoms. The maximum atomic E-state index is 14.4. The molecule has 0 spiro atoms. The smallest absolute Gasteiger partial charge is 0.340 e. The highest BCUT2D eigenvalue weighted by Gasteiger charge is 2.49. The summed E-state index contributed by atoms with van der Waals surface area (Å²) in [6.45, 7) is 6.02. The Kier molecular flexibility index (Phi) is 10.4. The molecule has 1 saturated carbocycles. The van der Waals surface area contributed by atoms with Crippen LogP contribution in [0.1, 0.15) is 90.3 Å². The number of sulfonamides is 1. The number of hydrogen-bond donors (Lipinski definition) is 2. The second kappa shape index (κ2) is 14.0. The number of esters is 1. The molecule has 47 heavy (non-hydrogen) atoms. The van der Waals surface area contributed by atoms with Gasteiger partial charge in [-0.05, 0) is 69.0 Å². The van der Waals surface area contributed by atoms with Crippen LogP contribution in [0.3, 0.4) is 0 Å². The molecule has 2 aliphatic rings. The van der Waals surface area contributed by atoms with Gasteiger partial charge in [0.25, 0.3) is 5.91 Å². The number of benzene rings is 2. The molecule has 3 aromatic rings. The van der Waals surface area contributed by atoms with Gasteiger partial charge in [-0.15, -0.1) is 0 Å². The number of aromatic nitrogens is 1. The van der Waals surface area contributed by atoms with Crippen LogP contribution < -0.4 is 10.0 Å². The summed E-state index contributed by atoms with van der Waals surface area (Å²) in [4.78, 5) is 42.9. The predicted molar refractivity (Wildman–Crippen MR) is 181 cm³/mol. The van der Waals surface area contributed by atoms with Crippen molar-refractivity contribution in [2.24, 2.45) is 0 Å². The van der Waals surface area contributed by atoms with E-state index in [1.54, 1.807) is 91.2 Å². The Morgan fingerprint density at radius 3 is 2.45 bits per heavy atom. The third-order valence-corrected chi connectivity index (χ3v) is 9.74. The fourth-order valence-corrected chi connectivity index (χ4v) is 7.93. The fraction of sp³-hybridized carbons (Fsp3) is 0.441. The molecule has 2 N–H and O–H groups in total. The zero-order chi connectivity index (χ0) is 34.1. The summed E-state index contributed by atoms with van der Waals surface area (Å²) in [6, 6.07) is 11.7. The van der Waals surface area contributed by atoms with Crippen molar-refractivity contribution >= 4 is 51.0 Å². The highest BCUT2D eigenvalue weighted by atomic mass is 35.5. The van der Waals surface area contributed by atoms with E-state index < -0.39 is 45.6 Å². The molecule has 2 amide bonds. The van der Waals surface area contributed by atoms with Crippen LogP contribution in [0.5, 0.6) is 0 Å². The van der Waals surface area contributed by atoms with Crippen molar-refractivity contribution in [2.45, 2.75) is 82.6 Å². The first-order chi connectivity index (χ1) is 22.1. The fourth-order valence-electron chi connectivity index (χ4n) is 6.58. The van der Waals surface area contributed by atoms with Crippen molar-refractivity contribution in [3.8, 4) is 0 Å². The SMILES string of the molecule is CC(C)(C)OC(=O)c1ccn(CCNC(=O)[C@@H]2c3ccccc3C(=O)N([C@H]3CCCC[C@@H]3NS(C)(=O)=O)[C@H]2c2ccc(Cl)cc2Cl)c1. The standard InChI is InChI=1S/C34H40Cl2N4O6S/c1-34(2,3)46-33(43)21-15-17-39(20-21)18-16-37-31(41)29-23-9-5-6-10-24(23)32(42)40(30(29)25-14-13-22(35)19-26(25)36)28-12-8-7-11-27(28)38-47(4,44)45/h5-6,9-10,13-15,17,19-20,27-30,38H,7-8,11-12,16,18H2,1-4H3,(H,37,41)/t27-,28-,29+,30-/m0/s1. The van der Waals surface area contributed by atoms with E-state index in [1.165, 1.54) is 0 Å². The summed E-state index contributed by atoms with van der Waals surface area (Å²) >= 11 is 13.1. The third kappa shape index (κ3) is 8.20. The monoisotopic (exact) mass is 702 g/mol. The van der Waals surface area contributed by atoms with E-state index >= 15 is 0 Å². The van der Waals surface area contributed by atoms with Gasteiger partial charge < -0.3 is 19.5 Å². The minimum absolute atomic E-state index is 0.233. The lowest BCUT2D eigenvalue weighted by atomic mass is 9.76. The van der Waals surface area contributed by atoms with Gasteiger partial charge in [-0.25, -0.2) is 17.9 Å². The van der Waals surface area contributed by atoms with Crippen LogP contribution in [0, 0.1) is 0 Å². The Balaban J connectivity index is 1.49. The maximum absolute atomic E-state index is 14.4. The molecule has 4 atom stereocenters. The molecule has 0 bridgehead atoms. The van der Waals surface area contributed by atoms with E-state index in [1.807, 2.05) is 0 Å². The average Bonchev–Trinajstić information content (AvgIpc) is 3.45. The number of carbonyl (C=O) groups is 3. The van der Waals surface area contributed by atoms with Crippen molar-refractivity contribution in [1.82, 2.24) is 19.5 Å². The summed E-state index contributed by atoms with van der Waals surface area (Å²) in [7, 11) is -3.59. The lowest BCUT2D eigenvalue weighted by Gasteiger charge is -2.49. The summed E-state index contributed by atoms with van der Waals surface area (Å²) in [5.41, 5.74) is 1.25. The minimum atomic E-state index is -3.59. The number of rotatable bonds is 9. The average molecular weight is 704 g/mol. The van der Waals surface area contributed by atoms with Crippen LogP contribution in [-0.4, -0.2) is 66.2 Å². The number of halogens is 2. The first-order valence-corrected chi connectivity index (χ1v) is 18.3. The molecule has 1 aliphatic carbocycles. The van der Waals surface area contributed by atoms with E-state index in [2.05, 4.69) is 10.0 Å². The number of nitrogens with one attached hydrogen (secondary N) is 2. The number of nitrogens with zero attached hydrogens (tertiary/aromatic N) is 2. The first kappa shape index (κ1) is 34.9. The van der Waals surface area contributed by atoms with Crippen LogP contribution >= 0.6 is 23.2 Å². The Hall–Kier alpha value is -3.38. The number of amides is 2. The molecule has 10 nitrogen and oxygen atoms in total. The van der Waals surface area contributed by atoms with Gasteiger partial charge in [0.05, 0.1) is 23.8 Å². The molecular formula is C34H40Cl2N4O6S. The van der Waals surface area contributed by atoms with Crippen molar-refractivity contribution < 1.29 is 27.5 Å². The molecule has 0 unspecified atom stereocenters. The molecular weight excluding hydrogens is 663 g/mol. The highest BCUT2D eigenvalue weighted by Crippen LogP contribution is 2.47. The quantitative estimate of drug-likeness (QED) is 0.275. The van der Waals surface area contributed by atoms with Crippen molar-refractivity contribution in [2.75, 3.05) is 12.8 Å². The van der Waals surface area contributed by atoms with E-state index in [0.29, 0.717) is 51.7 Å². The number of fused-ring (bicyclic) bond motifs is 1. The number of carbonyl (C=O) groups excluding carboxylic acids is 3. The van der Waals surface area contributed by atoms with E-state index in [9.17, 15) is 22.8 Å². The zero-order valence-corrected chi connectivity index (χ0v) is 29.2. The molecule has 2 heterocycles. The Labute approximate surface area is 285 Å². The van der Waals surface area contributed by atoms with Crippen LogP contribution in [0.4, 0.5) is 0 Å². The third-order valence-electron chi connectivity index (χ3n) is 8.45. The summed E-state index contributed by atoms with van der Waals surface area (Å²) in [5.74, 6) is -1.92. The van der Waals surface area contributed by atoms with Gasteiger partial charge in [0.2, 0.25) is 15.9 Å². The van der Waals surface area contributed by atoms with Gasteiger partial charge in [-0.2, -0.15) is 0 Å². The predicted octanol–water partition coefficient (Wildman–Crippen LogP) is 5.71. The molecule has 1 aliphatic heterocycles. The topological polar surface area (TPSA) is 127 Å². The molecule has 0 radical (unpaired) electrons. The van der Waals surface area contributed by atoms with Gasteiger partial charge >= 0.3 is 5.97 Å². The van der Waals surface area contributed by atoms with E-state index in [0.717, 1.165) is 19.1 Å². The van der Waals surface area contributed by atoms with Crippen LogP contribution in [0.15, 0.2) is 60.9 Å². The van der Waals surface area contributed by atoms with Crippen LogP contribution in [0.25, 0.3) is 0 Å². The molecule has 5 rings (SSSR count). The normalized spacial score (nSPS) is 21.7. The van der Waals surface area contributed by atoms with Crippen LogP contribution in [-0.2, 0) is 26.1 Å². The second-order valence-electron chi connectivity index (χ2n) is 13.2. The van der Waals surface area contributed by atoms with Crippen molar-refractivity contribution in [1.29, 1.82) is 0 Å². The molecule has 2 aromatic carbocycles. The molecule has 1 aromatic heterocycles. The summed E-state index contributed by atoms with van der Waals surface area (Å²) in [6.07, 6.45) is 7.21. The van der Waals surface area contributed by atoms with Crippen molar-refractivity contribution in [3.63, 3.8) is 0 Å². The van der Waals surface area contributed by atoms with Gasteiger partial charge in [0, 0.05) is 53.2 Å². The van der Waals surface area contributed by atoms with Gasteiger partial charge in [0.15, 0.2) is 0 Å². The minimum Gasteiger partial charge on any atom is -0.456 e. The van der Waals surface area contributed by atoms with E-state index in [4.69, 9.17) is 27.9 Å². The van der Waals surface area contributed by atoms with Gasteiger partial charge in [0.1, 0.15) is 5.60 Å². The van der Waals surface area contributed by atoms with Gasteiger partial charge in [-0.1, -0.05) is 60.3 Å². The summed E-state index contributed by atoms with van der Waals surface area (Å²) < 4.78 is 34.8. The van der Waals surface area contributed by atoms with Crippen molar-refractivity contribution in [3.05, 3.63) is 93.2 Å². The zero-order valence-electron chi connectivity index (χ0n) is 26.8. The molecule has 1 fully saturated rings. The second-order valence-corrected chi connectivity index (χ2v) is 15.8. The van der Waals surface area contributed by atoms with E-state index in [-0.39, 0.29) is 18.4 Å². The highest BCUT2D eigenvalue weighted by molar-refractivity contribution is 7.88. The maximum Gasteiger partial charge on any atom is 0.340 e. The first-order valence-electron chi connectivity index (χ1n) is 15.6. The number of hydrogen-bond acceptors (Lipinski definition) is 6. The van der Waals surface area contributed by atoms with Crippen LogP contribution in [0.2, 0.25) is 10.0 Å². The number of ether oxygens (including phenoxy) is 1.